The molecule has 0 spiro atoms. The monoisotopic (exact) mass is 377 g/mol. The van der Waals surface area contributed by atoms with Crippen molar-refractivity contribution in [1.82, 2.24) is 5.32 Å². The minimum Gasteiger partial charge on any atom is -0.389 e. The Morgan fingerprint density at radius 2 is 1.30 bits per heavy atom. The fraction of sp³-hybridized carbons (Fsp3) is 0.136. The van der Waals surface area contributed by atoms with E-state index in [1.54, 1.807) is 0 Å². The van der Waals surface area contributed by atoms with Crippen LogP contribution in [-0.4, -0.2) is 29.4 Å². The SMILES string of the molecule is O[C@@H](CNC(=S)Nc1ccccc1)CN(c1ccccc1)c1ccccc1. The van der Waals surface area contributed by atoms with Crippen molar-refractivity contribution in [3.63, 3.8) is 0 Å². The number of para-hydroxylation sites is 3. The Bertz CT molecular complexity index is 788. The molecule has 27 heavy (non-hydrogen) atoms. The van der Waals surface area contributed by atoms with E-state index in [-0.39, 0.29) is 0 Å². The molecule has 0 fully saturated rings. The smallest absolute Gasteiger partial charge is 0.170 e. The second-order valence-electron chi connectivity index (χ2n) is 6.14. The average Bonchev–Trinajstić information content (AvgIpc) is 2.72. The van der Waals surface area contributed by atoms with E-state index < -0.39 is 6.10 Å². The maximum atomic E-state index is 10.6. The van der Waals surface area contributed by atoms with Gasteiger partial charge in [-0.05, 0) is 48.6 Å². The molecule has 0 saturated carbocycles. The van der Waals surface area contributed by atoms with Crippen LogP contribution < -0.4 is 15.5 Å². The van der Waals surface area contributed by atoms with E-state index in [2.05, 4.69) is 15.5 Å². The number of aliphatic hydroxyl groups is 1. The molecule has 5 heteroatoms. The first-order valence-electron chi connectivity index (χ1n) is 8.88. The van der Waals surface area contributed by atoms with Crippen LogP contribution in [0.25, 0.3) is 0 Å². The fourth-order valence-corrected chi connectivity index (χ4v) is 2.96. The maximum absolute atomic E-state index is 10.6. The molecule has 4 nitrogen and oxygen atoms in total. The lowest BCUT2D eigenvalue weighted by molar-refractivity contribution is 0.186. The summed E-state index contributed by atoms with van der Waals surface area (Å²) in [5.74, 6) is 0. The molecule has 0 bridgehead atoms. The van der Waals surface area contributed by atoms with Gasteiger partial charge in [-0.1, -0.05) is 54.6 Å². The normalized spacial score (nSPS) is 11.4. The first-order valence-corrected chi connectivity index (χ1v) is 9.29. The summed E-state index contributed by atoms with van der Waals surface area (Å²) in [6.45, 7) is 0.809. The number of aliphatic hydroxyl groups excluding tert-OH is 1. The Kier molecular flexibility index (Phi) is 6.79. The van der Waals surface area contributed by atoms with Crippen molar-refractivity contribution >= 4 is 34.4 Å². The molecular formula is C22H23N3OS. The average molecular weight is 378 g/mol. The molecule has 0 heterocycles. The molecule has 0 amide bonds. The third-order valence-electron chi connectivity index (χ3n) is 4.06. The number of hydrogen-bond donors (Lipinski definition) is 3. The quantitative estimate of drug-likeness (QED) is 0.540. The van der Waals surface area contributed by atoms with Gasteiger partial charge in [0.1, 0.15) is 0 Å². The molecule has 0 aliphatic heterocycles. The zero-order valence-electron chi connectivity index (χ0n) is 15.0. The molecule has 3 aromatic rings. The van der Waals surface area contributed by atoms with Gasteiger partial charge in [-0.3, -0.25) is 0 Å². The molecule has 3 N–H and O–H groups in total. The van der Waals surface area contributed by atoms with Gasteiger partial charge in [-0.15, -0.1) is 0 Å². The molecule has 0 unspecified atom stereocenters. The fourth-order valence-electron chi connectivity index (χ4n) is 2.76. The number of benzene rings is 3. The lowest BCUT2D eigenvalue weighted by Gasteiger charge is -2.28. The molecule has 0 aromatic heterocycles. The number of rotatable bonds is 7. The van der Waals surface area contributed by atoms with Crippen molar-refractivity contribution in [2.24, 2.45) is 0 Å². The number of thiocarbonyl (C=S) groups is 1. The molecule has 138 valence electrons. The van der Waals surface area contributed by atoms with Gasteiger partial charge in [0.05, 0.1) is 12.6 Å². The van der Waals surface area contributed by atoms with Crippen LogP contribution in [-0.2, 0) is 0 Å². The van der Waals surface area contributed by atoms with Crippen LogP contribution in [0.1, 0.15) is 0 Å². The van der Waals surface area contributed by atoms with Crippen LogP contribution in [0.2, 0.25) is 0 Å². The summed E-state index contributed by atoms with van der Waals surface area (Å²) in [5.41, 5.74) is 2.99. The van der Waals surface area contributed by atoms with Gasteiger partial charge >= 0.3 is 0 Å². The molecule has 3 rings (SSSR count). The highest BCUT2D eigenvalue weighted by atomic mass is 32.1. The number of hydrogen-bond acceptors (Lipinski definition) is 3. The first-order chi connectivity index (χ1) is 13.2. The topological polar surface area (TPSA) is 47.5 Å². The predicted molar refractivity (Wildman–Crippen MR) is 117 cm³/mol. The van der Waals surface area contributed by atoms with Crippen LogP contribution in [0.5, 0.6) is 0 Å². The van der Waals surface area contributed by atoms with E-state index >= 15 is 0 Å². The second kappa shape index (κ2) is 9.71. The second-order valence-corrected chi connectivity index (χ2v) is 6.54. The summed E-state index contributed by atoms with van der Waals surface area (Å²) in [6.07, 6.45) is -0.596. The van der Waals surface area contributed by atoms with E-state index in [4.69, 9.17) is 12.2 Å². The van der Waals surface area contributed by atoms with Crippen molar-refractivity contribution < 1.29 is 5.11 Å². The lowest BCUT2D eigenvalue weighted by atomic mass is 10.2. The predicted octanol–water partition coefficient (Wildman–Crippen LogP) is 4.17. The van der Waals surface area contributed by atoms with E-state index in [0.717, 1.165) is 17.1 Å². The van der Waals surface area contributed by atoms with E-state index in [1.165, 1.54) is 0 Å². The van der Waals surface area contributed by atoms with Gasteiger partial charge in [0.2, 0.25) is 0 Å². The van der Waals surface area contributed by atoms with Gasteiger partial charge < -0.3 is 20.6 Å². The van der Waals surface area contributed by atoms with Crippen LogP contribution in [0.4, 0.5) is 17.1 Å². The molecular weight excluding hydrogens is 354 g/mol. The number of nitrogens with one attached hydrogen (secondary N) is 2. The molecule has 0 radical (unpaired) electrons. The van der Waals surface area contributed by atoms with Crippen molar-refractivity contribution in [3.05, 3.63) is 91.0 Å². The summed E-state index contributed by atoms with van der Waals surface area (Å²) >= 11 is 5.31. The van der Waals surface area contributed by atoms with E-state index in [1.807, 2.05) is 91.0 Å². The van der Waals surface area contributed by atoms with E-state index in [9.17, 15) is 5.11 Å². The minimum atomic E-state index is -0.596. The standard InChI is InChI=1S/C22H23N3OS/c26-21(16-23-22(27)24-18-10-4-1-5-11-18)17-25(19-12-6-2-7-13-19)20-14-8-3-9-15-20/h1-15,21,26H,16-17H2,(H2,23,24,27)/t21-/m0/s1. The maximum Gasteiger partial charge on any atom is 0.170 e. The highest BCUT2D eigenvalue weighted by Gasteiger charge is 2.14. The van der Waals surface area contributed by atoms with Gasteiger partial charge in [0.25, 0.3) is 0 Å². The Labute approximate surface area is 165 Å². The summed E-state index contributed by atoms with van der Waals surface area (Å²) < 4.78 is 0. The zero-order valence-corrected chi connectivity index (χ0v) is 15.8. The van der Waals surface area contributed by atoms with Crippen LogP contribution >= 0.6 is 12.2 Å². The van der Waals surface area contributed by atoms with Crippen molar-refractivity contribution in [1.29, 1.82) is 0 Å². The summed E-state index contributed by atoms with van der Waals surface area (Å²) in [4.78, 5) is 2.10. The van der Waals surface area contributed by atoms with Crippen LogP contribution in [0, 0.1) is 0 Å². The molecule has 3 aromatic carbocycles. The Balaban J connectivity index is 1.59. The van der Waals surface area contributed by atoms with Crippen LogP contribution in [0.3, 0.4) is 0 Å². The van der Waals surface area contributed by atoms with Crippen molar-refractivity contribution in [2.45, 2.75) is 6.10 Å². The lowest BCUT2D eigenvalue weighted by Crippen LogP contribution is -2.40. The Morgan fingerprint density at radius 1 is 0.815 bits per heavy atom. The third kappa shape index (κ3) is 5.81. The molecule has 1 atom stereocenters. The van der Waals surface area contributed by atoms with Gasteiger partial charge in [0.15, 0.2) is 5.11 Å². The van der Waals surface area contributed by atoms with Crippen LogP contribution in [0.15, 0.2) is 91.0 Å². The van der Waals surface area contributed by atoms with E-state index in [0.29, 0.717) is 18.2 Å². The number of anilines is 3. The number of nitrogens with zero attached hydrogens (tertiary/aromatic N) is 1. The molecule has 0 aliphatic rings. The first kappa shape index (κ1) is 18.9. The summed E-state index contributed by atoms with van der Waals surface area (Å²) in [6, 6.07) is 29.8. The third-order valence-corrected chi connectivity index (χ3v) is 4.31. The Morgan fingerprint density at radius 3 is 1.81 bits per heavy atom. The molecule has 0 saturated heterocycles. The van der Waals surface area contributed by atoms with Gasteiger partial charge in [-0.2, -0.15) is 0 Å². The Hall–Kier alpha value is -2.89. The van der Waals surface area contributed by atoms with Crippen molar-refractivity contribution in [2.75, 3.05) is 23.3 Å². The summed E-state index contributed by atoms with van der Waals surface area (Å²) in [7, 11) is 0. The highest BCUT2D eigenvalue weighted by Crippen LogP contribution is 2.24. The van der Waals surface area contributed by atoms with Gasteiger partial charge in [-0.25, -0.2) is 0 Å². The van der Waals surface area contributed by atoms with Crippen molar-refractivity contribution in [3.8, 4) is 0 Å². The largest absolute Gasteiger partial charge is 0.389 e. The zero-order chi connectivity index (χ0) is 18.9. The van der Waals surface area contributed by atoms with Gasteiger partial charge in [0, 0.05) is 23.6 Å². The highest BCUT2D eigenvalue weighted by molar-refractivity contribution is 7.80. The molecule has 0 aliphatic carbocycles. The minimum absolute atomic E-state index is 0.356. The summed E-state index contributed by atoms with van der Waals surface area (Å²) in [5, 5.41) is 17.2.